The van der Waals surface area contributed by atoms with Gasteiger partial charge in [0.1, 0.15) is 11.3 Å². The number of rotatable bonds is 8. The number of hydrogen-bond donors (Lipinski definition) is 0. The van der Waals surface area contributed by atoms with Crippen LogP contribution in [0.3, 0.4) is 0 Å². The molecule has 0 aliphatic heterocycles. The zero-order chi connectivity index (χ0) is 14.5. The monoisotopic (exact) mass is 298 g/mol. The average Bonchev–Trinajstić information content (AvgIpc) is 2.94. The van der Waals surface area contributed by atoms with Crippen LogP contribution in [-0.2, 0) is 24.2 Å². The second kappa shape index (κ2) is 7.09. The van der Waals surface area contributed by atoms with Crippen LogP contribution >= 0.6 is 11.6 Å². The van der Waals surface area contributed by atoms with E-state index in [1.807, 2.05) is 18.5 Å². The van der Waals surface area contributed by atoms with Gasteiger partial charge in [-0.2, -0.15) is 5.10 Å². The highest BCUT2D eigenvalue weighted by Gasteiger charge is 2.17. The van der Waals surface area contributed by atoms with Crippen LogP contribution in [0.15, 0.2) is 0 Å². The van der Waals surface area contributed by atoms with Crippen molar-refractivity contribution in [3.63, 3.8) is 0 Å². The van der Waals surface area contributed by atoms with Gasteiger partial charge < -0.3 is 9.30 Å². The van der Waals surface area contributed by atoms with Crippen molar-refractivity contribution in [2.24, 2.45) is 0 Å². The van der Waals surface area contributed by atoms with Gasteiger partial charge in [0.15, 0.2) is 5.65 Å². The Bertz CT molecular complexity index is 561. The molecule has 0 bridgehead atoms. The molecular formula is C14H23ClN4O. The Morgan fingerprint density at radius 2 is 2.10 bits per heavy atom. The van der Waals surface area contributed by atoms with Gasteiger partial charge in [-0.1, -0.05) is 0 Å². The van der Waals surface area contributed by atoms with E-state index in [1.54, 1.807) is 0 Å². The molecule has 0 aliphatic rings. The number of hydrogen-bond acceptors (Lipinski definition) is 3. The summed E-state index contributed by atoms with van der Waals surface area (Å²) in [6.45, 7) is 9.41. The highest BCUT2D eigenvalue weighted by Crippen LogP contribution is 2.21. The molecule has 0 amide bonds. The normalized spacial score (nSPS) is 11.6. The molecule has 2 aromatic heterocycles. The summed E-state index contributed by atoms with van der Waals surface area (Å²) in [6.07, 6.45) is 1.76. The molecule has 0 atom stereocenters. The number of fused-ring (bicyclic) bond motifs is 1. The van der Waals surface area contributed by atoms with E-state index in [-0.39, 0.29) is 0 Å². The van der Waals surface area contributed by atoms with Crippen LogP contribution in [0.5, 0.6) is 0 Å². The second-order valence-corrected chi connectivity index (χ2v) is 5.12. The van der Waals surface area contributed by atoms with Crippen LogP contribution in [0, 0.1) is 6.92 Å². The Balaban J connectivity index is 2.33. The van der Waals surface area contributed by atoms with E-state index in [1.165, 1.54) is 0 Å². The Hall–Kier alpha value is -1.07. The quantitative estimate of drug-likeness (QED) is 0.556. The second-order valence-electron chi connectivity index (χ2n) is 4.74. The van der Waals surface area contributed by atoms with Gasteiger partial charge in [-0.25, -0.2) is 9.67 Å². The number of imidazole rings is 1. The van der Waals surface area contributed by atoms with Crippen LogP contribution < -0.4 is 0 Å². The predicted molar refractivity (Wildman–Crippen MR) is 81.5 cm³/mol. The first-order valence-corrected chi connectivity index (χ1v) is 7.82. The molecule has 2 rings (SSSR count). The standard InChI is InChI=1S/C14H23ClN4O/c1-4-19-14-13(11(3)17-19)16-12(7-8-15)18(14)9-6-10-20-5-2/h4-10H2,1-3H3. The lowest BCUT2D eigenvalue weighted by Gasteiger charge is -2.10. The summed E-state index contributed by atoms with van der Waals surface area (Å²) in [4.78, 5) is 4.72. The lowest BCUT2D eigenvalue weighted by atomic mass is 10.4. The summed E-state index contributed by atoms with van der Waals surface area (Å²) in [7, 11) is 0. The zero-order valence-corrected chi connectivity index (χ0v) is 13.3. The summed E-state index contributed by atoms with van der Waals surface area (Å²) in [6, 6.07) is 0. The smallest absolute Gasteiger partial charge is 0.158 e. The molecule has 0 saturated heterocycles. The van der Waals surface area contributed by atoms with Gasteiger partial charge in [0.05, 0.1) is 5.69 Å². The molecule has 2 aromatic rings. The summed E-state index contributed by atoms with van der Waals surface area (Å²) >= 11 is 5.90. The van der Waals surface area contributed by atoms with E-state index in [0.29, 0.717) is 5.88 Å². The first-order valence-electron chi connectivity index (χ1n) is 7.29. The maximum atomic E-state index is 5.90. The van der Waals surface area contributed by atoms with Crippen molar-refractivity contribution < 1.29 is 4.74 Å². The van der Waals surface area contributed by atoms with Crippen molar-refractivity contribution >= 4 is 22.8 Å². The third-order valence-corrected chi connectivity index (χ3v) is 3.56. The van der Waals surface area contributed by atoms with Gasteiger partial charge >= 0.3 is 0 Å². The summed E-state index contributed by atoms with van der Waals surface area (Å²) in [5, 5.41) is 4.54. The van der Waals surface area contributed by atoms with Gasteiger partial charge in [-0.15, -0.1) is 11.6 Å². The van der Waals surface area contributed by atoms with E-state index in [9.17, 15) is 0 Å². The lowest BCUT2D eigenvalue weighted by molar-refractivity contribution is 0.141. The van der Waals surface area contributed by atoms with Crippen molar-refractivity contribution in [2.75, 3.05) is 19.1 Å². The fourth-order valence-corrected chi connectivity index (χ4v) is 2.64. The summed E-state index contributed by atoms with van der Waals surface area (Å²) in [5.41, 5.74) is 3.10. The van der Waals surface area contributed by atoms with Crippen molar-refractivity contribution in [3.05, 3.63) is 11.5 Å². The molecule has 6 heteroatoms. The molecule has 0 unspecified atom stereocenters. The molecule has 20 heavy (non-hydrogen) atoms. The highest BCUT2D eigenvalue weighted by molar-refractivity contribution is 6.17. The van der Waals surface area contributed by atoms with Gasteiger partial charge in [0, 0.05) is 38.6 Å². The summed E-state index contributed by atoms with van der Waals surface area (Å²) in [5.74, 6) is 1.64. The molecule has 0 saturated carbocycles. The minimum atomic E-state index is 0.587. The fraction of sp³-hybridized carbons (Fsp3) is 0.714. The average molecular weight is 299 g/mol. The molecule has 2 heterocycles. The number of alkyl halides is 1. The van der Waals surface area contributed by atoms with E-state index >= 15 is 0 Å². The Morgan fingerprint density at radius 3 is 2.75 bits per heavy atom. The molecule has 0 N–H and O–H groups in total. The minimum absolute atomic E-state index is 0.587. The molecule has 0 aromatic carbocycles. The number of ether oxygens (including phenoxy) is 1. The number of aryl methyl sites for hydroxylation is 4. The van der Waals surface area contributed by atoms with Crippen LogP contribution in [0.25, 0.3) is 11.2 Å². The number of halogens is 1. The van der Waals surface area contributed by atoms with Crippen LogP contribution in [0.2, 0.25) is 0 Å². The first-order chi connectivity index (χ1) is 9.72. The predicted octanol–water partition coefficient (Wildman–Crippen LogP) is 2.77. The van der Waals surface area contributed by atoms with Crippen LogP contribution in [0.4, 0.5) is 0 Å². The van der Waals surface area contributed by atoms with E-state index in [4.69, 9.17) is 21.3 Å². The first kappa shape index (κ1) is 15.3. The Morgan fingerprint density at radius 1 is 1.30 bits per heavy atom. The zero-order valence-electron chi connectivity index (χ0n) is 12.5. The number of nitrogens with zero attached hydrogens (tertiary/aromatic N) is 4. The minimum Gasteiger partial charge on any atom is -0.382 e. The van der Waals surface area contributed by atoms with Crippen molar-refractivity contribution in [1.82, 2.24) is 19.3 Å². The highest BCUT2D eigenvalue weighted by atomic mass is 35.5. The Labute approximate surface area is 124 Å². The molecule has 112 valence electrons. The van der Waals surface area contributed by atoms with Crippen molar-refractivity contribution in [3.8, 4) is 0 Å². The topological polar surface area (TPSA) is 44.9 Å². The van der Waals surface area contributed by atoms with Crippen molar-refractivity contribution in [2.45, 2.75) is 46.7 Å². The van der Waals surface area contributed by atoms with Gasteiger partial charge in [-0.05, 0) is 27.2 Å². The summed E-state index contributed by atoms with van der Waals surface area (Å²) < 4.78 is 9.70. The molecule has 0 radical (unpaired) electrons. The molecule has 0 aliphatic carbocycles. The SMILES string of the molecule is CCOCCCn1c(CCCl)nc2c(C)nn(CC)c21. The molecule has 0 fully saturated rings. The Kier molecular flexibility index (Phi) is 5.43. The van der Waals surface area contributed by atoms with E-state index in [2.05, 4.69) is 16.6 Å². The van der Waals surface area contributed by atoms with Gasteiger partial charge in [0.2, 0.25) is 0 Å². The maximum Gasteiger partial charge on any atom is 0.158 e. The van der Waals surface area contributed by atoms with E-state index in [0.717, 1.165) is 61.8 Å². The van der Waals surface area contributed by atoms with Crippen molar-refractivity contribution in [1.29, 1.82) is 0 Å². The van der Waals surface area contributed by atoms with Crippen LogP contribution in [0.1, 0.15) is 31.8 Å². The largest absolute Gasteiger partial charge is 0.382 e. The van der Waals surface area contributed by atoms with Gasteiger partial charge in [0.25, 0.3) is 0 Å². The maximum absolute atomic E-state index is 5.90. The number of aromatic nitrogens is 4. The molecule has 5 nitrogen and oxygen atoms in total. The lowest BCUT2D eigenvalue weighted by Crippen LogP contribution is -2.11. The van der Waals surface area contributed by atoms with Gasteiger partial charge in [-0.3, -0.25) is 0 Å². The third kappa shape index (κ3) is 2.99. The third-order valence-electron chi connectivity index (χ3n) is 3.37. The molecular weight excluding hydrogens is 276 g/mol. The molecule has 0 spiro atoms. The van der Waals surface area contributed by atoms with Crippen LogP contribution in [-0.4, -0.2) is 38.4 Å². The van der Waals surface area contributed by atoms with E-state index < -0.39 is 0 Å². The fourth-order valence-electron chi connectivity index (χ4n) is 2.47.